The van der Waals surface area contributed by atoms with Crippen molar-refractivity contribution in [2.45, 2.75) is 57.8 Å². The highest BCUT2D eigenvalue weighted by Crippen LogP contribution is 2.61. The third kappa shape index (κ3) is 5.74. The summed E-state index contributed by atoms with van der Waals surface area (Å²) in [6.07, 6.45) is 12.4. The summed E-state index contributed by atoms with van der Waals surface area (Å²) in [4.78, 5) is 0. The standard InChI is InChI=1S/C45H32.C6H14/c1-5-15-31(16-6-1)33-25-27-39-41(29-33)37-23-13-14-24-38(37)43-40-28-26-34(32-17-7-2-8-18-32)30-42(40)45(44(39)43,35-19-9-3-10-20-35)36-21-11-4-12-22-36;1-3-5-6-4-2/h1-12,14-22,24-30H,13,23H2;3-6H2,1-2H3. The minimum Gasteiger partial charge on any atom is -0.0836 e. The number of benzene rings is 7. The van der Waals surface area contributed by atoms with Crippen molar-refractivity contribution in [2.24, 2.45) is 0 Å². The third-order valence-corrected chi connectivity index (χ3v) is 11.0. The van der Waals surface area contributed by atoms with Crippen molar-refractivity contribution >= 4 is 16.8 Å². The molecule has 2 aliphatic rings. The van der Waals surface area contributed by atoms with Gasteiger partial charge in [0.2, 0.25) is 0 Å². The Morgan fingerprint density at radius 2 is 1.04 bits per heavy atom. The van der Waals surface area contributed by atoms with Crippen LogP contribution < -0.4 is 0 Å². The van der Waals surface area contributed by atoms with Crippen LogP contribution in [0.4, 0.5) is 0 Å². The average molecular weight is 659 g/mol. The Hall–Kier alpha value is -5.46. The first kappa shape index (κ1) is 32.7. The molecule has 0 amide bonds. The van der Waals surface area contributed by atoms with E-state index in [0.717, 1.165) is 12.8 Å². The van der Waals surface area contributed by atoms with Gasteiger partial charge in [0.25, 0.3) is 0 Å². The summed E-state index contributed by atoms with van der Waals surface area (Å²) in [6, 6.07) is 58.5. The zero-order chi connectivity index (χ0) is 34.6. The van der Waals surface area contributed by atoms with Gasteiger partial charge in [-0.3, -0.25) is 0 Å². The highest BCUT2D eigenvalue weighted by atomic mass is 14.5. The molecular weight excluding hydrogens is 613 g/mol. The Bertz CT molecular complexity index is 2250. The van der Waals surface area contributed by atoms with E-state index in [0.29, 0.717) is 0 Å². The minimum absolute atomic E-state index is 0.481. The fraction of sp³-hybridized carbons (Fsp3) is 0.176. The summed E-state index contributed by atoms with van der Waals surface area (Å²) < 4.78 is 0. The average Bonchev–Trinajstić information content (AvgIpc) is 3.53. The maximum atomic E-state index is 2.48. The van der Waals surface area contributed by atoms with Crippen molar-refractivity contribution in [1.82, 2.24) is 0 Å². The second kappa shape index (κ2) is 14.4. The first-order valence-electron chi connectivity index (χ1n) is 18.9. The number of rotatable bonds is 7. The molecule has 0 saturated heterocycles. The summed E-state index contributed by atoms with van der Waals surface area (Å²) in [6.45, 7) is 4.46. The molecule has 0 atom stereocenters. The topological polar surface area (TPSA) is 0 Å². The fourth-order valence-electron chi connectivity index (χ4n) is 8.60. The fourth-order valence-corrected chi connectivity index (χ4v) is 8.60. The van der Waals surface area contributed by atoms with Crippen molar-refractivity contribution in [3.8, 4) is 33.4 Å². The lowest BCUT2D eigenvalue weighted by Crippen LogP contribution is -2.29. The van der Waals surface area contributed by atoms with Gasteiger partial charge in [-0.25, -0.2) is 0 Å². The van der Waals surface area contributed by atoms with E-state index in [-0.39, 0.29) is 0 Å². The highest BCUT2D eigenvalue weighted by molar-refractivity contribution is 6.07. The van der Waals surface area contributed by atoms with Gasteiger partial charge >= 0.3 is 0 Å². The normalized spacial score (nSPS) is 13.5. The van der Waals surface area contributed by atoms with Crippen LogP contribution in [0.5, 0.6) is 0 Å². The number of fused-ring (bicyclic) bond motifs is 8. The molecule has 0 unspecified atom stereocenters. The van der Waals surface area contributed by atoms with Crippen LogP contribution in [-0.2, 0) is 11.8 Å². The minimum atomic E-state index is -0.481. The smallest absolute Gasteiger partial charge is 0.0720 e. The van der Waals surface area contributed by atoms with Gasteiger partial charge in [-0.15, -0.1) is 0 Å². The molecule has 0 nitrogen and oxygen atoms in total. The third-order valence-electron chi connectivity index (χ3n) is 11.0. The quantitative estimate of drug-likeness (QED) is 0.150. The summed E-state index contributed by atoms with van der Waals surface area (Å²) >= 11 is 0. The van der Waals surface area contributed by atoms with Gasteiger partial charge in [-0.1, -0.05) is 197 Å². The molecule has 7 aromatic carbocycles. The molecule has 0 heteroatoms. The summed E-state index contributed by atoms with van der Waals surface area (Å²) in [5, 5.41) is 2.73. The Morgan fingerprint density at radius 1 is 0.510 bits per heavy atom. The SMILES string of the molecule is C1=Cc2c3c(c4ccc(-c5ccccc5)cc4c2CC1)C(c1ccccc1)(c1ccccc1)c1cc(-c2ccccc2)ccc1-3.CCCCCC. The van der Waals surface area contributed by atoms with Crippen molar-refractivity contribution in [3.05, 3.63) is 197 Å². The van der Waals surface area contributed by atoms with Gasteiger partial charge in [0, 0.05) is 0 Å². The molecule has 2 aliphatic carbocycles. The van der Waals surface area contributed by atoms with Crippen LogP contribution in [0.25, 0.3) is 50.2 Å². The predicted octanol–water partition coefficient (Wildman–Crippen LogP) is 14.1. The number of allylic oxidation sites excluding steroid dienone is 1. The predicted molar refractivity (Wildman–Crippen MR) is 219 cm³/mol. The molecule has 0 spiro atoms. The number of hydrogen-bond donors (Lipinski definition) is 0. The van der Waals surface area contributed by atoms with E-state index in [1.807, 2.05) is 0 Å². The van der Waals surface area contributed by atoms with Gasteiger partial charge in [-0.05, 0) is 103 Å². The molecule has 0 saturated carbocycles. The zero-order valence-corrected chi connectivity index (χ0v) is 29.9. The van der Waals surface area contributed by atoms with Crippen molar-refractivity contribution < 1.29 is 0 Å². The molecule has 51 heavy (non-hydrogen) atoms. The van der Waals surface area contributed by atoms with Crippen molar-refractivity contribution in [1.29, 1.82) is 0 Å². The van der Waals surface area contributed by atoms with Crippen LogP contribution >= 0.6 is 0 Å². The largest absolute Gasteiger partial charge is 0.0836 e. The Kier molecular flexibility index (Phi) is 9.25. The Morgan fingerprint density at radius 3 is 1.61 bits per heavy atom. The summed E-state index contributed by atoms with van der Waals surface area (Å²) in [5.74, 6) is 0. The lowest BCUT2D eigenvalue weighted by Gasteiger charge is -2.35. The Labute approximate surface area is 304 Å². The first-order chi connectivity index (χ1) is 25.3. The van der Waals surface area contributed by atoms with Gasteiger partial charge in [0.1, 0.15) is 0 Å². The highest BCUT2D eigenvalue weighted by Gasteiger charge is 2.48. The van der Waals surface area contributed by atoms with Gasteiger partial charge in [-0.2, -0.15) is 0 Å². The molecule has 0 heterocycles. The first-order valence-corrected chi connectivity index (χ1v) is 18.9. The number of unbranched alkanes of at least 4 members (excludes halogenated alkanes) is 3. The summed E-state index contributed by atoms with van der Waals surface area (Å²) in [5.41, 5.74) is 15.5. The van der Waals surface area contributed by atoms with Crippen LogP contribution in [0.1, 0.15) is 79.3 Å². The number of hydrogen-bond acceptors (Lipinski definition) is 0. The molecule has 7 aromatic rings. The molecule has 0 radical (unpaired) electrons. The maximum absolute atomic E-state index is 2.48. The molecule has 0 bridgehead atoms. The second-order valence-corrected chi connectivity index (χ2v) is 14.0. The second-order valence-electron chi connectivity index (χ2n) is 14.0. The van der Waals surface area contributed by atoms with E-state index >= 15 is 0 Å². The van der Waals surface area contributed by atoms with Crippen LogP contribution in [0.3, 0.4) is 0 Å². The van der Waals surface area contributed by atoms with Gasteiger partial charge in [0.15, 0.2) is 0 Å². The molecular formula is C51H46. The van der Waals surface area contributed by atoms with E-state index in [4.69, 9.17) is 0 Å². The van der Waals surface area contributed by atoms with E-state index in [1.165, 1.54) is 103 Å². The van der Waals surface area contributed by atoms with Crippen molar-refractivity contribution in [2.75, 3.05) is 0 Å². The van der Waals surface area contributed by atoms with Crippen LogP contribution in [0.15, 0.2) is 164 Å². The van der Waals surface area contributed by atoms with E-state index in [2.05, 4.69) is 184 Å². The zero-order valence-electron chi connectivity index (χ0n) is 29.9. The summed E-state index contributed by atoms with van der Waals surface area (Å²) in [7, 11) is 0. The number of aryl methyl sites for hydroxylation is 1. The van der Waals surface area contributed by atoms with E-state index in [9.17, 15) is 0 Å². The molecule has 0 aromatic heterocycles. The Balaban J connectivity index is 0.000000576. The van der Waals surface area contributed by atoms with Gasteiger partial charge in [0.05, 0.1) is 5.41 Å². The molecule has 9 rings (SSSR count). The molecule has 250 valence electrons. The monoisotopic (exact) mass is 658 g/mol. The lowest BCUT2D eigenvalue weighted by atomic mass is 9.66. The van der Waals surface area contributed by atoms with Crippen LogP contribution in [0, 0.1) is 0 Å². The molecule has 0 N–H and O–H groups in total. The van der Waals surface area contributed by atoms with E-state index in [1.54, 1.807) is 0 Å². The van der Waals surface area contributed by atoms with Crippen LogP contribution in [-0.4, -0.2) is 0 Å². The van der Waals surface area contributed by atoms with Gasteiger partial charge < -0.3 is 0 Å². The maximum Gasteiger partial charge on any atom is 0.0720 e. The lowest BCUT2D eigenvalue weighted by molar-refractivity contribution is 0.702. The van der Waals surface area contributed by atoms with Crippen molar-refractivity contribution in [3.63, 3.8) is 0 Å². The van der Waals surface area contributed by atoms with E-state index < -0.39 is 5.41 Å². The molecule has 0 fully saturated rings. The molecule has 0 aliphatic heterocycles. The van der Waals surface area contributed by atoms with Crippen LogP contribution in [0.2, 0.25) is 0 Å².